The maximum absolute atomic E-state index is 9.58. The van der Waals surface area contributed by atoms with Crippen molar-refractivity contribution in [2.24, 2.45) is 5.41 Å². The van der Waals surface area contributed by atoms with Crippen LogP contribution in [-0.4, -0.2) is 30.5 Å². The highest BCUT2D eigenvalue weighted by atomic mass is 16.5. The summed E-state index contributed by atoms with van der Waals surface area (Å²) >= 11 is 0. The van der Waals surface area contributed by atoms with Crippen LogP contribution in [0, 0.1) is 5.41 Å². The normalized spacial score (nSPS) is 18.1. The summed E-state index contributed by atoms with van der Waals surface area (Å²) in [4.78, 5) is 0. The third-order valence-electron chi connectivity index (χ3n) is 4.09. The Bertz CT molecular complexity index is 429. The number of aliphatic hydroxyl groups excluding tert-OH is 1. The summed E-state index contributed by atoms with van der Waals surface area (Å²) in [6.07, 6.45) is 3.28. The molecule has 106 valence electrons. The minimum absolute atomic E-state index is 0.164. The van der Waals surface area contributed by atoms with Gasteiger partial charge in [0.2, 0.25) is 0 Å². The van der Waals surface area contributed by atoms with E-state index in [1.54, 1.807) is 13.2 Å². The molecule has 3 N–H and O–H groups in total. The van der Waals surface area contributed by atoms with E-state index in [4.69, 9.17) is 9.84 Å². The molecule has 4 nitrogen and oxygen atoms in total. The number of nitrogens with one attached hydrogen (secondary N) is 1. The van der Waals surface area contributed by atoms with E-state index >= 15 is 0 Å². The van der Waals surface area contributed by atoms with Crippen molar-refractivity contribution in [3.8, 4) is 11.5 Å². The van der Waals surface area contributed by atoms with Crippen molar-refractivity contribution in [3.63, 3.8) is 0 Å². The average Bonchev–Trinajstić information content (AvgIpc) is 3.17. The second-order valence-electron chi connectivity index (χ2n) is 5.51. The summed E-state index contributed by atoms with van der Waals surface area (Å²) in [5.41, 5.74) is 1.40. The molecular weight excluding hydrogens is 242 g/mol. The molecule has 0 amide bonds. The molecule has 0 aromatic heterocycles. The molecule has 1 unspecified atom stereocenters. The van der Waals surface area contributed by atoms with Crippen LogP contribution in [-0.2, 0) is 0 Å². The summed E-state index contributed by atoms with van der Waals surface area (Å²) in [5.74, 6) is 0.667. The van der Waals surface area contributed by atoms with E-state index in [2.05, 4.69) is 12.2 Å². The summed E-state index contributed by atoms with van der Waals surface area (Å²) < 4.78 is 5.12. The lowest BCUT2D eigenvalue weighted by molar-refractivity contribution is 0.243. The van der Waals surface area contributed by atoms with E-state index in [0.717, 1.165) is 18.5 Å². The van der Waals surface area contributed by atoms with Crippen molar-refractivity contribution in [1.29, 1.82) is 0 Å². The van der Waals surface area contributed by atoms with Crippen LogP contribution in [0.25, 0.3) is 0 Å². The predicted molar refractivity (Wildman–Crippen MR) is 74.4 cm³/mol. The lowest BCUT2D eigenvalue weighted by Crippen LogP contribution is -2.27. The first kappa shape index (κ1) is 14.2. The van der Waals surface area contributed by atoms with E-state index in [-0.39, 0.29) is 18.4 Å². The van der Waals surface area contributed by atoms with Crippen molar-refractivity contribution < 1.29 is 14.9 Å². The van der Waals surface area contributed by atoms with E-state index < -0.39 is 0 Å². The zero-order valence-electron chi connectivity index (χ0n) is 11.6. The fourth-order valence-electron chi connectivity index (χ4n) is 2.38. The number of methoxy groups -OCH3 is 1. The molecule has 1 fully saturated rings. The number of aromatic hydroxyl groups is 1. The third-order valence-corrected chi connectivity index (χ3v) is 4.09. The van der Waals surface area contributed by atoms with Crippen molar-refractivity contribution in [1.82, 2.24) is 5.32 Å². The highest BCUT2D eigenvalue weighted by Gasteiger charge is 2.41. The number of hydrogen-bond donors (Lipinski definition) is 3. The van der Waals surface area contributed by atoms with Gasteiger partial charge in [0.1, 0.15) is 0 Å². The van der Waals surface area contributed by atoms with Crippen molar-refractivity contribution in [2.75, 3.05) is 20.3 Å². The van der Waals surface area contributed by atoms with Gasteiger partial charge in [0, 0.05) is 19.2 Å². The van der Waals surface area contributed by atoms with Gasteiger partial charge in [-0.05, 0) is 49.3 Å². The molecule has 0 radical (unpaired) electrons. The van der Waals surface area contributed by atoms with E-state index in [9.17, 15) is 5.11 Å². The van der Waals surface area contributed by atoms with Crippen LogP contribution in [0.4, 0.5) is 0 Å². The average molecular weight is 265 g/mol. The molecule has 1 aliphatic carbocycles. The largest absolute Gasteiger partial charge is 0.504 e. The number of phenolic OH excluding ortho intramolecular Hbond substituents is 1. The maximum atomic E-state index is 9.58. The van der Waals surface area contributed by atoms with Gasteiger partial charge in [0.25, 0.3) is 0 Å². The fraction of sp³-hybridized carbons (Fsp3) is 0.600. The van der Waals surface area contributed by atoms with Crippen molar-refractivity contribution in [2.45, 2.75) is 32.2 Å². The molecule has 1 aromatic rings. The molecule has 1 aliphatic rings. The Kier molecular flexibility index (Phi) is 4.32. The van der Waals surface area contributed by atoms with Gasteiger partial charge in [0.15, 0.2) is 11.5 Å². The van der Waals surface area contributed by atoms with Crippen LogP contribution in [0.3, 0.4) is 0 Å². The molecular formula is C15H23NO3. The van der Waals surface area contributed by atoms with Gasteiger partial charge in [-0.25, -0.2) is 0 Å². The minimum atomic E-state index is 0.164. The summed E-state index contributed by atoms with van der Waals surface area (Å²) in [7, 11) is 1.55. The number of rotatable bonds is 7. The number of ether oxygens (including phenoxy) is 1. The summed E-state index contributed by atoms with van der Waals surface area (Å²) in [6, 6.07) is 5.62. The standard InChI is InChI=1S/C15H23NO3/c1-11(16-10-15(5-6-15)7-8-17)12-3-4-13(18)14(9-12)19-2/h3-4,9,11,16-18H,5-8,10H2,1-2H3. The third kappa shape index (κ3) is 3.39. The molecule has 1 atom stereocenters. The van der Waals surface area contributed by atoms with Gasteiger partial charge in [-0.1, -0.05) is 6.07 Å². The lowest BCUT2D eigenvalue weighted by Gasteiger charge is -2.20. The zero-order valence-corrected chi connectivity index (χ0v) is 11.6. The summed E-state index contributed by atoms with van der Waals surface area (Å²) in [6.45, 7) is 3.29. The second kappa shape index (κ2) is 5.80. The molecule has 2 rings (SSSR count). The lowest BCUT2D eigenvalue weighted by atomic mass is 10.0. The maximum Gasteiger partial charge on any atom is 0.160 e. The topological polar surface area (TPSA) is 61.7 Å². The molecule has 19 heavy (non-hydrogen) atoms. The van der Waals surface area contributed by atoms with Gasteiger partial charge in [-0.2, -0.15) is 0 Å². The smallest absolute Gasteiger partial charge is 0.160 e. The Labute approximate surface area is 114 Å². The monoisotopic (exact) mass is 265 g/mol. The van der Waals surface area contributed by atoms with Gasteiger partial charge in [0.05, 0.1) is 7.11 Å². The van der Waals surface area contributed by atoms with E-state index in [1.165, 1.54) is 12.8 Å². The van der Waals surface area contributed by atoms with Crippen molar-refractivity contribution >= 4 is 0 Å². The second-order valence-corrected chi connectivity index (χ2v) is 5.51. The minimum Gasteiger partial charge on any atom is -0.504 e. The first-order valence-electron chi connectivity index (χ1n) is 6.81. The summed E-state index contributed by atoms with van der Waals surface area (Å²) in [5, 5.41) is 22.1. The molecule has 0 aliphatic heterocycles. The Balaban J connectivity index is 1.94. The molecule has 1 saturated carbocycles. The highest BCUT2D eigenvalue weighted by Crippen LogP contribution is 2.48. The van der Waals surface area contributed by atoms with E-state index in [0.29, 0.717) is 11.2 Å². The Morgan fingerprint density at radius 2 is 2.16 bits per heavy atom. The van der Waals surface area contributed by atoms with Crippen LogP contribution in [0.5, 0.6) is 11.5 Å². The fourth-order valence-corrected chi connectivity index (χ4v) is 2.38. The van der Waals surface area contributed by atoms with Crippen molar-refractivity contribution in [3.05, 3.63) is 23.8 Å². The molecule has 0 heterocycles. The molecule has 0 bridgehead atoms. The number of benzene rings is 1. The number of hydrogen-bond acceptors (Lipinski definition) is 4. The van der Waals surface area contributed by atoms with Crippen LogP contribution in [0.2, 0.25) is 0 Å². The van der Waals surface area contributed by atoms with Gasteiger partial charge in [-0.3, -0.25) is 0 Å². The Morgan fingerprint density at radius 3 is 2.74 bits per heavy atom. The first-order chi connectivity index (χ1) is 9.10. The van der Waals surface area contributed by atoms with Crippen LogP contribution >= 0.6 is 0 Å². The highest BCUT2D eigenvalue weighted by molar-refractivity contribution is 5.42. The molecule has 4 heteroatoms. The predicted octanol–water partition coefficient (Wildman–Crippen LogP) is 2.21. The van der Waals surface area contributed by atoms with Crippen LogP contribution < -0.4 is 10.1 Å². The number of aliphatic hydroxyl groups is 1. The molecule has 0 saturated heterocycles. The van der Waals surface area contributed by atoms with E-state index in [1.807, 2.05) is 12.1 Å². The molecule has 1 aromatic carbocycles. The van der Waals surface area contributed by atoms with Crippen LogP contribution in [0.1, 0.15) is 37.8 Å². The van der Waals surface area contributed by atoms with Crippen LogP contribution in [0.15, 0.2) is 18.2 Å². The SMILES string of the molecule is COc1cc(C(C)NCC2(CCO)CC2)ccc1O. The zero-order chi connectivity index (χ0) is 13.9. The Hall–Kier alpha value is -1.26. The Morgan fingerprint density at radius 1 is 1.42 bits per heavy atom. The number of phenols is 1. The molecule has 0 spiro atoms. The first-order valence-corrected chi connectivity index (χ1v) is 6.81. The van der Waals surface area contributed by atoms with Gasteiger partial charge < -0.3 is 20.3 Å². The van der Waals surface area contributed by atoms with Gasteiger partial charge >= 0.3 is 0 Å². The van der Waals surface area contributed by atoms with Gasteiger partial charge in [-0.15, -0.1) is 0 Å². The quantitative estimate of drug-likeness (QED) is 0.707.